The summed E-state index contributed by atoms with van der Waals surface area (Å²) in [5, 5.41) is 3.55. The average Bonchev–Trinajstić information content (AvgIpc) is 3.23. The molecule has 17 heteroatoms. The summed E-state index contributed by atoms with van der Waals surface area (Å²) in [5.74, 6) is 2.06. The number of benzene rings is 2. The molecular formula is C46H71BrN6O6S2Si2. The zero-order valence-corrected chi connectivity index (χ0v) is 44.2. The first-order chi connectivity index (χ1) is 29.4. The molecule has 0 aliphatic carbocycles. The molecule has 0 radical (unpaired) electrons. The first-order valence-electron chi connectivity index (χ1n) is 21.8. The molecule has 2 aromatic carbocycles. The molecule has 2 aliphatic heterocycles. The standard InChI is InChI=1S/C23H35N3O3SSi.C16H29N3O3SSi.C7H7Br/c1-23(2,3)31(4,5)29-20-11-12-22(24-17-20)25-30(27,28)21-13-15-26(16-14-21)18-19-9-7-6-8-10-19;1-16(2,3)24(4,5)22-13-6-7-15(18-12-13)19-23(20,21)14-8-10-17-11-9-14;8-6-7-4-2-1-3-5-7/h6-12,17,21H,13-16,18H2,1-5H3,(H,24,25);6-7,12,14,17H,8-11H2,1-5H3,(H,18,19);1-5H,6H2. The Hall–Kier alpha value is -3.33. The van der Waals surface area contributed by atoms with E-state index in [4.69, 9.17) is 8.85 Å². The van der Waals surface area contributed by atoms with Crippen molar-refractivity contribution in [3.63, 3.8) is 0 Å². The fourth-order valence-electron chi connectivity index (χ4n) is 6.25. The lowest BCUT2D eigenvalue weighted by Crippen LogP contribution is -2.43. The molecule has 3 N–H and O–H groups in total. The van der Waals surface area contributed by atoms with Gasteiger partial charge < -0.3 is 14.2 Å². The summed E-state index contributed by atoms with van der Waals surface area (Å²) < 4.78 is 68.2. The second kappa shape index (κ2) is 22.7. The highest BCUT2D eigenvalue weighted by Crippen LogP contribution is 2.38. The summed E-state index contributed by atoms with van der Waals surface area (Å²) in [6, 6.07) is 27.5. The number of hydrogen-bond donors (Lipinski definition) is 3. The van der Waals surface area contributed by atoms with Gasteiger partial charge in [0.25, 0.3) is 16.6 Å². The third kappa shape index (κ3) is 16.6. The Kier molecular flexibility index (Phi) is 18.9. The van der Waals surface area contributed by atoms with E-state index < -0.39 is 41.9 Å². The minimum Gasteiger partial charge on any atom is -0.542 e. The largest absolute Gasteiger partial charge is 0.542 e. The minimum atomic E-state index is -3.48. The van der Waals surface area contributed by atoms with Crippen LogP contribution in [0.3, 0.4) is 0 Å². The van der Waals surface area contributed by atoms with Crippen molar-refractivity contribution in [1.29, 1.82) is 0 Å². The monoisotopic (exact) mass is 1000 g/mol. The molecule has 63 heavy (non-hydrogen) atoms. The van der Waals surface area contributed by atoms with Crippen molar-refractivity contribution >= 4 is 64.2 Å². The molecule has 0 spiro atoms. The van der Waals surface area contributed by atoms with E-state index in [0.29, 0.717) is 48.8 Å². The molecule has 2 saturated heterocycles. The number of pyridine rings is 2. The third-order valence-corrected chi connectivity index (χ3v) is 25.3. The van der Waals surface area contributed by atoms with Gasteiger partial charge >= 0.3 is 0 Å². The predicted molar refractivity (Wildman–Crippen MR) is 269 cm³/mol. The van der Waals surface area contributed by atoms with Gasteiger partial charge in [-0.1, -0.05) is 118 Å². The van der Waals surface area contributed by atoms with Crippen molar-refractivity contribution < 1.29 is 25.7 Å². The van der Waals surface area contributed by atoms with E-state index in [1.165, 1.54) is 11.1 Å². The molecule has 2 aliphatic rings. The fourth-order valence-corrected chi connectivity index (χ4v) is 11.5. The summed E-state index contributed by atoms with van der Waals surface area (Å²) in [6.45, 7) is 25.6. The summed E-state index contributed by atoms with van der Waals surface area (Å²) >= 11 is 3.36. The summed E-state index contributed by atoms with van der Waals surface area (Å²) in [5.41, 5.74) is 2.58. The molecular weight excluding hydrogens is 933 g/mol. The van der Waals surface area contributed by atoms with Crippen LogP contribution in [-0.4, -0.2) is 85.0 Å². The number of nitrogens with one attached hydrogen (secondary N) is 3. The van der Waals surface area contributed by atoms with Gasteiger partial charge in [0.1, 0.15) is 23.1 Å². The van der Waals surface area contributed by atoms with Crippen LogP contribution in [0.5, 0.6) is 11.5 Å². The average molecular weight is 1000 g/mol. The lowest BCUT2D eigenvalue weighted by atomic mass is 10.1. The van der Waals surface area contributed by atoms with E-state index in [1.54, 1.807) is 36.7 Å². The van der Waals surface area contributed by atoms with Crippen LogP contribution in [0.2, 0.25) is 36.3 Å². The van der Waals surface area contributed by atoms with Crippen LogP contribution in [0, 0.1) is 0 Å². The van der Waals surface area contributed by atoms with Gasteiger partial charge in [-0.15, -0.1) is 0 Å². The van der Waals surface area contributed by atoms with Gasteiger partial charge in [0.2, 0.25) is 20.0 Å². The molecule has 2 aromatic heterocycles. The first kappa shape index (κ1) is 52.3. The van der Waals surface area contributed by atoms with Crippen molar-refractivity contribution in [3.05, 3.63) is 108 Å². The van der Waals surface area contributed by atoms with Gasteiger partial charge in [-0.25, -0.2) is 26.8 Å². The summed E-state index contributed by atoms with van der Waals surface area (Å²) in [4.78, 5) is 10.8. The number of piperidine rings is 2. The minimum absolute atomic E-state index is 0.0859. The molecule has 4 heterocycles. The molecule has 4 aromatic rings. The van der Waals surface area contributed by atoms with E-state index >= 15 is 0 Å². The molecule has 6 rings (SSSR count). The number of aromatic nitrogens is 2. The molecule has 0 amide bonds. The highest BCUT2D eigenvalue weighted by Gasteiger charge is 2.40. The zero-order chi connectivity index (χ0) is 46.5. The van der Waals surface area contributed by atoms with Crippen LogP contribution in [0.4, 0.5) is 11.6 Å². The van der Waals surface area contributed by atoms with E-state index in [0.717, 1.165) is 38.1 Å². The number of anilines is 2. The van der Waals surface area contributed by atoms with Crippen molar-refractivity contribution in [2.75, 3.05) is 35.6 Å². The van der Waals surface area contributed by atoms with E-state index in [1.807, 2.05) is 36.4 Å². The Labute approximate surface area is 389 Å². The number of hydrogen-bond acceptors (Lipinski definition) is 10. The molecule has 0 atom stereocenters. The first-order valence-corrected chi connectivity index (χ1v) is 31.8. The maximum Gasteiger partial charge on any atom is 0.250 e. The molecule has 0 saturated carbocycles. The second-order valence-corrected chi connectivity index (χ2v) is 33.2. The van der Waals surface area contributed by atoms with Crippen molar-refractivity contribution in [2.24, 2.45) is 0 Å². The Morgan fingerprint density at radius 2 is 1.03 bits per heavy atom. The molecule has 0 unspecified atom stereocenters. The highest BCUT2D eigenvalue weighted by atomic mass is 79.9. The number of likely N-dealkylation sites (tertiary alicyclic amines) is 1. The van der Waals surface area contributed by atoms with Crippen molar-refractivity contribution in [3.8, 4) is 11.5 Å². The van der Waals surface area contributed by atoms with Crippen LogP contribution in [0.15, 0.2) is 97.3 Å². The highest BCUT2D eigenvalue weighted by molar-refractivity contribution is 9.08. The third-order valence-electron chi connectivity index (χ3n) is 12.3. The normalized spacial score (nSPS) is 16.1. The van der Waals surface area contributed by atoms with Crippen molar-refractivity contribution in [1.82, 2.24) is 20.2 Å². The smallest absolute Gasteiger partial charge is 0.250 e. The Morgan fingerprint density at radius 3 is 1.38 bits per heavy atom. The van der Waals surface area contributed by atoms with Gasteiger partial charge in [-0.2, -0.15) is 0 Å². The maximum absolute atomic E-state index is 12.9. The Balaban J connectivity index is 0.000000240. The Bertz CT molecular complexity index is 2200. The number of nitrogens with zero attached hydrogens (tertiary/aromatic N) is 3. The lowest BCUT2D eigenvalue weighted by Gasteiger charge is -2.36. The lowest BCUT2D eigenvalue weighted by molar-refractivity contribution is 0.222. The van der Waals surface area contributed by atoms with E-state index in [-0.39, 0.29) is 15.3 Å². The van der Waals surface area contributed by atoms with Crippen LogP contribution in [-0.2, 0) is 31.9 Å². The Morgan fingerprint density at radius 1 is 0.635 bits per heavy atom. The SMILES string of the molecule is BrCc1ccccc1.CC(C)(C)[Si](C)(C)Oc1ccc(NS(=O)(=O)C2CCN(Cc3ccccc3)CC2)nc1.CC(C)(C)[Si](C)(C)Oc1ccc(NS(=O)(=O)C2CCNCC2)nc1. The van der Waals surface area contributed by atoms with Gasteiger partial charge in [0.05, 0.1) is 22.9 Å². The van der Waals surface area contributed by atoms with Gasteiger partial charge in [-0.05, 0) is 124 Å². The molecule has 2 fully saturated rings. The molecule has 0 bridgehead atoms. The predicted octanol–water partition coefficient (Wildman–Crippen LogP) is 10.4. The molecule has 12 nitrogen and oxygen atoms in total. The second-order valence-electron chi connectivity index (χ2n) is 19.3. The summed E-state index contributed by atoms with van der Waals surface area (Å²) in [7, 11) is -10.7. The topological polar surface area (TPSA) is 152 Å². The van der Waals surface area contributed by atoms with Crippen LogP contribution < -0.4 is 23.6 Å². The fraction of sp³-hybridized carbons (Fsp3) is 0.522. The van der Waals surface area contributed by atoms with Gasteiger partial charge in [0.15, 0.2) is 0 Å². The van der Waals surface area contributed by atoms with E-state index in [2.05, 4.69) is 138 Å². The van der Waals surface area contributed by atoms with Crippen LogP contribution in [0.1, 0.15) is 78.4 Å². The van der Waals surface area contributed by atoms with Crippen LogP contribution in [0.25, 0.3) is 0 Å². The number of rotatable bonds is 13. The molecule has 348 valence electrons. The summed E-state index contributed by atoms with van der Waals surface area (Å²) in [6.07, 6.45) is 5.70. The quantitative estimate of drug-likeness (QED) is 0.0872. The maximum atomic E-state index is 12.9. The van der Waals surface area contributed by atoms with Crippen molar-refractivity contribution in [2.45, 2.75) is 126 Å². The number of alkyl halides is 1. The number of sulfonamides is 2. The number of halogens is 1. The van der Waals surface area contributed by atoms with Gasteiger partial charge in [0, 0.05) is 11.9 Å². The zero-order valence-electron chi connectivity index (χ0n) is 38.9. The van der Waals surface area contributed by atoms with Crippen LogP contribution >= 0.6 is 15.9 Å². The van der Waals surface area contributed by atoms with Gasteiger partial charge in [-0.3, -0.25) is 14.3 Å². The van der Waals surface area contributed by atoms with E-state index in [9.17, 15) is 16.8 Å².